The molecule has 4 N–H and O–H groups in total. The van der Waals surface area contributed by atoms with Crippen molar-refractivity contribution in [3.8, 4) is 0 Å². The number of carbonyl (C=O) groups is 4. The van der Waals surface area contributed by atoms with Crippen molar-refractivity contribution in [3.63, 3.8) is 0 Å². The summed E-state index contributed by atoms with van der Waals surface area (Å²) in [6, 6.07) is 7.65. The highest BCUT2D eigenvalue weighted by Gasteiger charge is 2.24. The van der Waals surface area contributed by atoms with Crippen molar-refractivity contribution in [2.75, 3.05) is 33.9 Å². The molecule has 0 aliphatic heterocycles. The molecule has 1 aromatic carbocycles. The number of hydrogen-bond donors (Lipinski definition) is 2. The van der Waals surface area contributed by atoms with E-state index in [-0.39, 0.29) is 42.9 Å². The van der Waals surface area contributed by atoms with Crippen molar-refractivity contribution in [2.24, 2.45) is 16.9 Å². The highest BCUT2D eigenvalue weighted by atomic mass is 16.5. The number of esters is 2. The molecule has 0 aromatic heterocycles. The number of allylic oxidation sites excluding steroid dienone is 1. The fourth-order valence-electron chi connectivity index (χ4n) is 3.57. The first-order chi connectivity index (χ1) is 17.9. The van der Waals surface area contributed by atoms with Gasteiger partial charge in [-0.1, -0.05) is 45.0 Å². The smallest absolute Gasteiger partial charge is 0.306 e. The zero-order valence-corrected chi connectivity index (χ0v) is 23.5. The van der Waals surface area contributed by atoms with E-state index in [1.165, 1.54) is 14.2 Å². The summed E-state index contributed by atoms with van der Waals surface area (Å²) < 4.78 is 9.31. The zero-order valence-electron chi connectivity index (χ0n) is 23.5. The first-order valence-corrected chi connectivity index (χ1v) is 12.9. The average Bonchev–Trinajstić information content (AvgIpc) is 2.92. The van der Waals surface area contributed by atoms with E-state index in [9.17, 15) is 19.2 Å². The lowest BCUT2D eigenvalue weighted by molar-refractivity contribution is -0.144. The van der Waals surface area contributed by atoms with Gasteiger partial charge in [0, 0.05) is 44.7 Å². The molecule has 10 nitrogen and oxygen atoms in total. The van der Waals surface area contributed by atoms with Crippen LogP contribution in [-0.2, 0) is 41.7 Å². The summed E-state index contributed by atoms with van der Waals surface area (Å²) >= 11 is 0. The Balaban J connectivity index is 3.00. The number of nitrogens with two attached hydrogens (primary N) is 2. The molecule has 0 aliphatic carbocycles. The Labute approximate surface area is 226 Å². The second kappa shape index (κ2) is 16.4. The first-order valence-electron chi connectivity index (χ1n) is 12.9. The van der Waals surface area contributed by atoms with Crippen LogP contribution in [0.15, 0.2) is 36.0 Å². The first kappa shape index (κ1) is 32.6. The van der Waals surface area contributed by atoms with E-state index in [2.05, 4.69) is 9.47 Å². The third kappa shape index (κ3) is 12.2. The van der Waals surface area contributed by atoms with Gasteiger partial charge in [0.05, 0.1) is 27.1 Å². The van der Waals surface area contributed by atoms with Crippen LogP contribution in [0.5, 0.6) is 0 Å². The van der Waals surface area contributed by atoms with E-state index in [1.807, 2.05) is 45.0 Å². The van der Waals surface area contributed by atoms with Crippen molar-refractivity contribution >= 4 is 23.8 Å². The van der Waals surface area contributed by atoms with Gasteiger partial charge in [-0.05, 0) is 35.6 Å². The molecule has 212 valence electrons. The summed E-state index contributed by atoms with van der Waals surface area (Å²) in [5, 5.41) is 0. The summed E-state index contributed by atoms with van der Waals surface area (Å²) in [6.45, 7) is 7.80. The average molecular weight is 533 g/mol. The van der Waals surface area contributed by atoms with E-state index >= 15 is 0 Å². The predicted molar refractivity (Wildman–Crippen MR) is 145 cm³/mol. The van der Waals surface area contributed by atoms with Crippen LogP contribution in [0.2, 0.25) is 0 Å². The van der Waals surface area contributed by atoms with E-state index in [0.29, 0.717) is 44.8 Å². The molecule has 0 spiro atoms. The van der Waals surface area contributed by atoms with Crippen LogP contribution in [0.3, 0.4) is 0 Å². The molecule has 0 saturated heterocycles. The number of ether oxygens (including phenoxy) is 2. The van der Waals surface area contributed by atoms with Crippen LogP contribution >= 0.6 is 0 Å². The van der Waals surface area contributed by atoms with Gasteiger partial charge >= 0.3 is 11.9 Å². The number of nitrogens with zero attached hydrogens (tertiary/aromatic N) is 2. The van der Waals surface area contributed by atoms with Gasteiger partial charge in [0.1, 0.15) is 0 Å². The van der Waals surface area contributed by atoms with Gasteiger partial charge < -0.3 is 30.7 Å². The van der Waals surface area contributed by atoms with E-state index in [4.69, 9.17) is 11.5 Å². The van der Waals surface area contributed by atoms with Gasteiger partial charge in [0.15, 0.2) is 0 Å². The quantitative estimate of drug-likeness (QED) is 0.309. The second-order valence-corrected chi connectivity index (χ2v) is 9.99. The van der Waals surface area contributed by atoms with Crippen LogP contribution in [0.1, 0.15) is 64.0 Å². The third-order valence-corrected chi connectivity index (χ3v) is 6.17. The number of carbonyl (C=O) groups excluding carboxylic acids is 4. The van der Waals surface area contributed by atoms with E-state index in [1.54, 1.807) is 15.9 Å². The Morgan fingerprint density at radius 1 is 0.842 bits per heavy atom. The van der Waals surface area contributed by atoms with Crippen molar-refractivity contribution in [3.05, 3.63) is 47.2 Å². The van der Waals surface area contributed by atoms with Crippen LogP contribution < -0.4 is 11.5 Å². The van der Waals surface area contributed by atoms with Crippen LogP contribution in [-0.4, -0.2) is 67.4 Å². The lowest BCUT2D eigenvalue weighted by Crippen LogP contribution is -2.41. The molecular formula is C28H44N4O6. The summed E-state index contributed by atoms with van der Waals surface area (Å²) in [6.07, 6.45) is 2.62. The minimum absolute atomic E-state index is 0.0106. The van der Waals surface area contributed by atoms with Gasteiger partial charge in [0.2, 0.25) is 11.8 Å². The maximum absolute atomic E-state index is 12.9. The van der Waals surface area contributed by atoms with Gasteiger partial charge in [-0.15, -0.1) is 0 Å². The predicted octanol–water partition coefficient (Wildman–Crippen LogP) is 2.49. The molecule has 0 aliphatic rings. The van der Waals surface area contributed by atoms with Crippen LogP contribution in [0.4, 0.5) is 0 Å². The summed E-state index contributed by atoms with van der Waals surface area (Å²) in [5.74, 6) is -1.19. The monoisotopic (exact) mass is 532 g/mol. The fraction of sp³-hybridized carbons (Fsp3) is 0.571. The highest BCUT2D eigenvalue weighted by Crippen LogP contribution is 2.19. The fourth-order valence-corrected chi connectivity index (χ4v) is 3.57. The van der Waals surface area contributed by atoms with Crippen molar-refractivity contribution in [1.82, 2.24) is 9.80 Å². The van der Waals surface area contributed by atoms with E-state index < -0.39 is 11.9 Å². The largest absolute Gasteiger partial charge is 0.469 e. The second-order valence-electron chi connectivity index (χ2n) is 9.99. The summed E-state index contributed by atoms with van der Waals surface area (Å²) in [5.41, 5.74) is 14.0. The molecule has 0 unspecified atom stereocenters. The lowest BCUT2D eigenvalue weighted by atomic mass is 9.92. The van der Waals surface area contributed by atoms with Crippen LogP contribution in [0.25, 0.3) is 0 Å². The van der Waals surface area contributed by atoms with Crippen molar-refractivity contribution < 1.29 is 28.7 Å². The normalized spacial score (nSPS) is 11.6. The third-order valence-electron chi connectivity index (χ3n) is 6.17. The molecular weight excluding hydrogens is 488 g/mol. The molecule has 0 fully saturated rings. The zero-order chi connectivity index (χ0) is 28.7. The van der Waals surface area contributed by atoms with Gasteiger partial charge in [0.25, 0.3) is 0 Å². The SMILES string of the molecule is CC/C(N)=C\CN(Cc1ccc(CN(CC(C)(C)CN)C(=O)CCC(=O)OC)cc1)C(=O)CCC(=O)OC. The molecule has 1 aromatic rings. The number of benzene rings is 1. The van der Waals surface area contributed by atoms with Gasteiger partial charge in [-0.3, -0.25) is 19.2 Å². The lowest BCUT2D eigenvalue weighted by Gasteiger charge is -2.32. The Kier molecular flexibility index (Phi) is 14.1. The maximum Gasteiger partial charge on any atom is 0.306 e. The van der Waals surface area contributed by atoms with Crippen molar-refractivity contribution in [2.45, 2.75) is 66.0 Å². The van der Waals surface area contributed by atoms with Gasteiger partial charge in [-0.2, -0.15) is 0 Å². The number of rotatable bonds is 16. The Morgan fingerprint density at radius 2 is 1.29 bits per heavy atom. The van der Waals surface area contributed by atoms with Gasteiger partial charge in [-0.25, -0.2) is 0 Å². The molecule has 0 radical (unpaired) electrons. The molecule has 0 bridgehead atoms. The molecule has 38 heavy (non-hydrogen) atoms. The standard InChI is InChI=1S/C28H44N4O6/c1-6-23(30)15-16-31(24(33)11-13-26(35)37-4)17-21-7-9-22(10-8-21)18-32(20-28(2,3)19-29)25(34)12-14-27(36)38-5/h7-10,15H,6,11-14,16-20,29-30H2,1-5H3/b23-15+. The molecule has 0 saturated carbocycles. The molecule has 1 rings (SSSR count). The number of hydrogen-bond acceptors (Lipinski definition) is 8. The Morgan fingerprint density at radius 3 is 1.71 bits per heavy atom. The topological polar surface area (TPSA) is 145 Å². The minimum atomic E-state index is -0.435. The number of amides is 2. The number of methoxy groups -OCH3 is 2. The molecule has 0 heterocycles. The molecule has 0 atom stereocenters. The Hall–Kier alpha value is -3.40. The maximum atomic E-state index is 12.9. The summed E-state index contributed by atoms with van der Waals surface area (Å²) in [7, 11) is 2.59. The molecule has 2 amide bonds. The highest BCUT2D eigenvalue weighted by molar-refractivity contribution is 5.82. The molecule has 10 heteroatoms. The van der Waals surface area contributed by atoms with Crippen molar-refractivity contribution in [1.29, 1.82) is 0 Å². The summed E-state index contributed by atoms with van der Waals surface area (Å²) in [4.78, 5) is 52.1. The Bertz CT molecular complexity index is 959. The minimum Gasteiger partial charge on any atom is -0.469 e. The van der Waals surface area contributed by atoms with E-state index in [0.717, 1.165) is 11.1 Å². The van der Waals surface area contributed by atoms with Crippen LogP contribution in [0, 0.1) is 5.41 Å².